The first-order valence-corrected chi connectivity index (χ1v) is 8.05. The molecule has 2 rings (SSSR count). The Morgan fingerprint density at radius 2 is 2.35 bits per heavy atom. The molecule has 1 fully saturated rings. The number of carbonyl (C=O) groups excluding carboxylic acids is 1. The average Bonchev–Trinajstić information content (AvgIpc) is 2.96. The van der Waals surface area contributed by atoms with E-state index in [4.69, 9.17) is 0 Å². The molecule has 1 saturated carbocycles. The van der Waals surface area contributed by atoms with Gasteiger partial charge in [-0.2, -0.15) is 0 Å². The van der Waals surface area contributed by atoms with Crippen LogP contribution in [0.15, 0.2) is 10.2 Å². The number of rotatable bonds is 6. The van der Waals surface area contributed by atoms with Gasteiger partial charge >= 0.3 is 4.87 Å². The van der Waals surface area contributed by atoms with E-state index in [9.17, 15) is 14.7 Å². The number of hydrogen-bond donors (Lipinski definition) is 2. The average molecular weight is 298 g/mol. The highest BCUT2D eigenvalue weighted by atomic mass is 32.1. The van der Waals surface area contributed by atoms with E-state index < -0.39 is 0 Å². The normalized spacial score (nSPS) is 22.1. The summed E-state index contributed by atoms with van der Waals surface area (Å²) in [5.74, 6) is 0.214. The van der Waals surface area contributed by atoms with E-state index in [-0.39, 0.29) is 22.8 Å². The highest BCUT2D eigenvalue weighted by Gasteiger charge is 2.25. The highest BCUT2D eigenvalue weighted by Crippen LogP contribution is 2.24. The molecule has 2 N–H and O–H groups in total. The fourth-order valence-corrected chi connectivity index (χ4v) is 3.42. The zero-order chi connectivity index (χ0) is 14.5. The van der Waals surface area contributed by atoms with E-state index in [1.807, 2.05) is 12.3 Å². The largest absolute Gasteiger partial charge is 0.393 e. The first-order chi connectivity index (χ1) is 9.58. The molecule has 112 valence electrons. The molecule has 2 atom stereocenters. The predicted molar refractivity (Wildman–Crippen MR) is 78.9 cm³/mol. The first kappa shape index (κ1) is 15.3. The Labute approximate surface area is 122 Å². The Morgan fingerprint density at radius 3 is 2.95 bits per heavy atom. The number of aliphatic hydroxyl groups excluding tert-OH is 1. The number of thiazole rings is 1. The van der Waals surface area contributed by atoms with Crippen LogP contribution in [-0.2, 0) is 11.3 Å². The van der Waals surface area contributed by atoms with Gasteiger partial charge in [-0.15, -0.1) is 0 Å². The molecule has 5 nitrogen and oxygen atoms in total. The zero-order valence-electron chi connectivity index (χ0n) is 11.8. The Hall–Kier alpha value is -1.14. The van der Waals surface area contributed by atoms with Gasteiger partial charge in [0.15, 0.2) is 0 Å². The van der Waals surface area contributed by atoms with Crippen molar-refractivity contribution in [3.05, 3.63) is 20.7 Å². The minimum Gasteiger partial charge on any atom is -0.393 e. The van der Waals surface area contributed by atoms with Crippen molar-refractivity contribution in [3.63, 3.8) is 0 Å². The first-order valence-electron chi connectivity index (χ1n) is 7.17. The topological polar surface area (TPSA) is 71.3 Å². The Morgan fingerprint density at radius 1 is 1.55 bits per heavy atom. The van der Waals surface area contributed by atoms with Gasteiger partial charge < -0.3 is 15.0 Å². The lowest BCUT2D eigenvalue weighted by Crippen LogP contribution is -2.32. The van der Waals surface area contributed by atoms with Crippen molar-refractivity contribution >= 4 is 17.2 Å². The van der Waals surface area contributed by atoms with Gasteiger partial charge in [0.05, 0.1) is 6.10 Å². The lowest BCUT2D eigenvalue weighted by Gasteiger charge is -2.15. The summed E-state index contributed by atoms with van der Waals surface area (Å²) in [6.07, 6.45) is 3.71. The maximum Gasteiger partial charge on any atom is 0.307 e. The summed E-state index contributed by atoms with van der Waals surface area (Å²) in [7, 11) is 0. The molecule has 1 aromatic rings. The summed E-state index contributed by atoms with van der Waals surface area (Å²) in [6, 6.07) is 0. The van der Waals surface area contributed by atoms with Gasteiger partial charge in [-0.1, -0.05) is 17.8 Å². The molecule has 1 heterocycles. The Kier molecular flexibility index (Phi) is 5.37. The van der Waals surface area contributed by atoms with Crippen LogP contribution in [0.4, 0.5) is 0 Å². The summed E-state index contributed by atoms with van der Waals surface area (Å²) in [5, 5.41) is 14.4. The lowest BCUT2D eigenvalue weighted by molar-refractivity contribution is -0.121. The number of nitrogens with zero attached hydrogens (tertiary/aromatic N) is 1. The number of aliphatic hydroxyl groups is 1. The lowest BCUT2D eigenvalue weighted by atomic mass is 10.1. The van der Waals surface area contributed by atoms with Gasteiger partial charge in [-0.25, -0.2) is 0 Å². The maximum atomic E-state index is 11.7. The molecule has 6 heteroatoms. The molecule has 0 bridgehead atoms. The fraction of sp³-hybridized carbons (Fsp3) is 0.714. The molecule has 0 radical (unpaired) electrons. The minimum absolute atomic E-state index is 0.00466. The molecular weight excluding hydrogens is 276 g/mol. The van der Waals surface area contributed by atoms with Gasteiger partial charge in [0.1, 0.15) is 0 Å². The summed E-state index contributed by atoms with van der Waals surface area (Å²) in [6.45, 7) is 3.06. The molecule has 1 aliphatic carbocycles. The molecule has 0 saturated heterocycles. The molecule has 1 amide bonds. The number of amides is 1. The van der Waals surface area contributed by atoms with Crippen molar-refractivity contribution < 1.29 is 9.90 Å². The summed E-state index contributed by atoms with van der Waals surface area (Å²) < 4.78 is 1.71. The zero-order valence-corrected chi connectivity index (χ0v) is 12.6. The Bertz CT molecular complexity index is 509. The number of aryl methyl sites for hydroxylation is 1. The minimum atomic E-state index is -0.262. The third-order valence-electron chi connectivity index (χ3n) is 3.94. The second kappa shape index (κ2) is 7.04. The SMILES string of the molecule is Cc1csc(=O)n1CCCC(=O)NCC1CCCC1O. The van der Waals surface area contributed by atoms with Crippen LogP contribution < -0.4 is 10.2 Å². The highest BCUT2D eigenvalue weighted by molar-refractivity contribution is 7.07. The molecule has 20 heavy (non-hydrogen) atoms. The van der Waals surface area contributed by atoms with Crippen LogP contribution >= 0.6 is 11.3 Å². The Balaban J connectivity index is 1.66. The summed E-state index contributed by atoms with van der Waals surface area (Å²) in [4.78, 5) is 23.3. The molecule has 0 aromatic carbocycles. The van der Waals surface area contributed by atoms with Crippen molar-refractivity contribution in [1.29, 1.82) is 0 Å². The van der Waals surface area contributed by atoms with E-state index in [2.05, 4.69) is 5.32 Å². The van der Waals surface area contributed by atoms with E-state index >= 15 is 0 Å². The second-order valence-electron chi connectivity index (χ2n) is 5.46. The van der Waals surface area contributed by atoms with E-state index in [0.29, 0.717) is 25.9 Å². The summed E-state index contributed by atoms with van der Waals surface area (Å²) in [5.41, 5.74) is 0.953. The van der Waals surface area contributed by atoms with Crippen LogP contribution in [0.5, 0.6) is 0 Å². The van der Waals surface area contributed by atoms with Crippen LogP contribution in [-0.4, -0.2) is 28.2 Å². The number of aromatic nitrogens is 1. The predicted octanol–water partition coefficient (Wildman–Crippen LogP) is 1.28. The van der Waals surface area contributed by atoms with Crippen LogP contribution in [0, 0.1) is 12.8 Å². The van der Waals surface area contributed by atoms with Gasteiger partial charge in [0.2, 0.25) is 5.91 Å². The standard InChI is InChI=1S/C14H22N2O3S/c1-10-9-20-14(19)16(10)7-3-6-13(18)15-8-11-4-2-5-12(11)17/h9,11-12,17H,2-8H2,1H3,(H,15,18). The van der Waals surface area contributed by atoms with E-state index in [1.54, 1.807) is 4.57 Å². The fourth-order valence-electron chi connectivity index (χ4n) is 2.66. The van der Waals surface area contributed by atoms with Gasteiger partial charge in [0, 0.05) is 36.5 Å². The van der Waals surface area contributed by atoms with Crippen molar-refractivity contribution in [2.45, 2.75) is 51.7 Å². The van der Waals surface area contributed by atoms with Crippen molar-refractivity contribution in [2.24, 2.45) is 5.92 Å². The van der Waals surface area contributed by atoms with Crippen LogP contribution in [0.25, 0.3) is 0 Å². The second-order valence-corrected chi connectivity index (χ2v) is 6.28. The smallest absolute Gasteiger partial charge is 0.307 e. The van der Waals surface area contributed by atoms with Gasteiger partial charge in [0.25, 0.3) is 0 Å². The third-order valence-corrected chi connectivity index (χ3v) is 4.82. The van der Waals surface area contributed by atoms with Gasteiger partial charge in [-0.3, -0.25) is 9.59 Å². The molecular formula is C14H22N2O3S. The quantitative estimate of drug-likeness (QED) is 0.831. The monoisotopic (exact) mass is 298 g/mol. The number of nitrogens with one attached hydrogen (secondary N) is 1. The van der Waals surface area contributed by atoms with E-state index in [1.165, 1.54) is 11.3 Å². The molecule has 0 spiro atoms. The van der Waals surface area contributed by atoms with Crippen molar-refractivity contribution in [3.8, 4) is 0 Å². The summed E-state index contributed by atoms with van der Waals surface area (Å²) >= 11 is 1.20. The van der Waals surface area contributed by atoms with Crippen LogP contribution in [0.3, 0.4) is 0 Å². The van der Waals surface area contributed by atoms with Crippen LogP contribution in [0.2, 0.25) is 0 Å². The van der Waals surface area contributed by atoms with Crippen molar-refractivity contribution in [2.75, 3.05) is 6.54 Å². The van der Waals surface area contributed by atoms with E-state index in [0.717, 1.165) is 25.0 Å². The molecule has 1 aliphatic rings. The van der Waals surface area contributed by atoms with Crippen molar-refractivity contribution in [1.82, 2.24) is 9.88 Å². The molecule has 2 unspecified atom stereocenters. The number of carbonyl (C=O) groups is 1. The third kappa shape index (κ3) is 3.93. The van der Waals surface area contributed by atoms with Gasteiger partial charge in [-0.05, 0) is 26.2 Å². The molecule has 1 aromatic heterocycles. The maximum absolute atomic E-state index is 11.7. The number of hydrogen-bond acceptors (Lipinski definition) is 4. The van der Waals surface area contributed by atoms with Crippen LogP contribution in [0.1, 0.15) is 37.8 Å². The molecule has 0 aliphatic heterocycles.